The highest BCUT2D eigenvalue weighted by Crippen LogP contribution is 2.32. The van der Waals surface area contributed by atoms with Crippen LogP contribution in [0.3, 0.4) is 0 Å². The molecule has 0 radical (unpaired) electrons. The number of ether oxygens (including phenoxy) is 2. The molecule has 0 atom stereocenters. The Morgan fingerprint density at radius 2 is 2.21 bits per heavy atom. The van der Waals surface area contributed by atoms with Crippen molar-refractivity contribution in [3.05, 3.63) is 41.5 Å². The Morgan fingerprint density at radius 3 is 2.95 bits per heavy atom. The smallest absolute Gasteiger partial charge is 0.356 e. The number of carboxylic acid groups (broad SMARTS) is 1. The molecular formula is C13H12N2O4. The fourth-order valence-corrected chi connectivity index (χ4v) is 2.01. The molecule has 1 aliphatic rings. The lowest BCUT2D eigenvalue weighted by Gasteiger charge is -2.05. The van der Waals surface area contributed by atoms with Crippen molar-refractivity contribution in [2.75, 3.05) is 6.79 Å². The SMILES string of the molecule is Cc1nc(C(=O)O)cn1Cc1ccc2c(c1)OCO2. The second-order valence-electron chi connectivity index (χ2n) is 4.29. The van der Waals surface area contributed by atoms with Gasteiger partial charge >= 0.3 is 5.97 Å². The molecule has 19 heavy (non-hydrogen) atoms. The van der Waals surface area contributed by atoms with Gasteiger partial charge < -0.3 is 19.1 Å². The van der Waals surface area contributed by atoms with Crippen LogP contribution in [0.25, 0.3) is 0 Å². The number of rotatable bonds is 3. The van der Waals surface area contributed by atoms with Gasteiger partial charge in [-0.15, -0.1) is 0 Å². The van der Waals surface area contributed by atoms with Crippen LogP contribution in [0.15, 0.2) is 24.4 Å². The lowest BCUT2D eigenvalue weighted by molar-refractivity contribution is 0.0691. The molecule has 1 aromatic heterocycles. The van der Waals surface area contributed by atoms with Gasteiger partial charge in [-0.25, -0.2) is 9.78 Å². The molecule has 1 aromatic carbocycles. The molecule has 3 rings (SSSR count). The molecule has 1 aliphatic heterocycles. The molecular weight excluding hydrogens is 248 g/mol. The van der Waals surface area contributed by atoms with E-state index >= 15 is 0 Å². The van der Waals surface area contributed by atoms with Crippen molar-refractivity contribution in [3.63, 3.8) is 0 Å². The maximum absolute atomic E-state index is 10.9. The zero-order chi connectivity index (χ0) is 13.4. The molecule has 0 spiro atoms. The third kappa shape index (κ3) is 2.12. The quantitative estimate of drug-likeness (QED) is 0.908. The van der Waals surface area contributed by atoms with Gasteiger partial charge in [-0.3, -0.25) is 0 Å². The zero-order valence-electron chi connectivity index (χ0n) is 10.3. The lowest BCUT2D eigenvalue weighted by Crippen LogP contribution is -2.00. The molecule has 98 valence electrons. The third-order valence-electron chi connectivity index (χ3n) is 2.99. The minimum Gasteiger partial charge on any atom is -0.476 e. The number of carbonyl (C=O) groups is 1. The van der Waals surface area contributed by atoms with Gasteiger partial charge in [0.15, 0.2) is 17.2 Å². The summed E-state index contributed by atoms with van der Waals surface area (Å²) in [6.07, 6.45) is 1.53. The minimum absolute atomic E-state index is 0.0539. The Morgan fingerprint density at radius 1 is 1.42 bits per heavy atom. The summed E-state index contributed by atoms with van der Waals surface area (Å²) in [5.74, 6) is 1.09. The molecule has 0 fully saturated rings. The molecule has 2 heterocycles. The lowest BCUT2D eigenvalue weighted by atomic mass is 10.2. The first kappa shape index (κ1) is 11.6. The number of hydrogen-bond donors (Lipinski definition) is 1. The van der Waals surface area contributed by atoms with Crippen LogP contribution < -0.4 is 9.47 Å². The van der Waals surface area contributed by atoms with E-state index in [0.717, 1.165) is 11.3 Å². The van der Waals surface area contributed by atoms with Crippen molar-refractivity contribution in [2.45, 2.75) is 13.5 Å². The molecule has 1 N–H and O–H groups in total. The molecule has 0 aliphatic carbocycles. The van der Waals surface area contributed by atoms with E-state index in [9.17, 15) is 4.79 Å². The molecule has 6 heteroatoms. The molecule has 2 aromatic rings. The molecule has 6 nitrogen and oxygen atoms in total. The van der Waals surface area contributed by atoms with E-state index < -0.39 is 5.97 Å². The Labute approximate surface area is 109 Å². The zero-order valence-corrected chi connectivity index (χ0v) is 10.3. The van der Waals surface area contributed by atoms with E-state index in [1.807, 2.05) is 18.2 Å². The number of aromatic carboxylic acids is 1. The highest BCUT2D eigenvalue weighted by atomic mass is 16.7. The van der Waals surface area contributed by atoms with Gasteiger partial charge in [0.05, 0.1) is 0 Å². The van der Waals surface area contributed by atoms with Crippen LogP contribution in [-0.4, -0.2) is 27.4 Å². The Kier molecular flexibility index (Phi) is 2.63. The summed E-state index contributed by atoms with van der Waals surface area (Å²) in [4.78, 5) is 14.8. The third-order valence-corrected chi connectivity index (χ3v) is 2.99. The summed E-state index contributed by atoms with van der Waals surface area (Å²) in [6, 6.07) is 5.66. The maximum Gasteiger partial charge on any atom is 0.356 e. The monoisotopic (exact) mass is 260 g/mol. The highest BCUT2D eigenvalue weighted by molar-refractivity contribution is 5.85. The average Bonchev–Trinajstić information content (AvgIpc) is 2.96. The fraction of sp³-hybridized carbons (Fsp3) is 0.231. The number of aryl methyl sites for hydroxylation is 1. The van der Waals surface area contributed by atoms with E-state index in [0.29, 0.717) is 18.1 Å². The van der Waals surface area contributed by atoms with E-state index in [4.69, 9.17) is 14.6 Å². The van der Waals surface area contributed by atoms with Gasteiger partial charge in [0.25, 0.3) is 0 Å². The van der Waals surface area contributed by atoms with Gasteiger partial charge in [0.2, 0.25) is 6.79 Å². The average molecular weight is 260 g/mol. The van der Waals surface area contributed by atoms with Crippen LogP contribution in [0.5, 0.6) is 11.5 Å². The number of nitrogens with zero attached hydrogens (tertiary/aromatic N) is 2. The van der Waals surface area contributed by atoms with Gasteiger partial charge in [0, 0.05) is 12.7 Å². The van der Waals surface area contributed by atoms with E-state index in [1.54, 1.807) is 11.5 Å². The first-order chi connectivity index (χ1) is 9.13. The van der Waals surface area contributed by atoms with Gasteiger partial charge in [-0.2, -0.15) is 0 Å². The van der Waals surface area contributed by atoms with Gasteiger partial charge in [0.1, 0.15) is 5.82 Å². The van der Waals surface area contributed by atoms with Crippen LogP contribution >= 0.6 is 0 Å². The maximum atomic E-state index is 10.9. The van der Waals surface area contributed by atoms with Crippen molar-refractivity contribution >= 4 is 5.97 Å². The minimum atomic E-state index is -1.02. The number of fused-ring (bicyclic) bond motifs is 1. The van der Waals surface area contributed by atoms with Crippen molar-refractivity contribution in [1.29, 1.82) is 0 Å². The topological polar surface area (TPSA) is 73.6 Å². The van der Waals surface area contributed by atoms with Crippen molar-refractivity contribution < 1.29 is 19.4 Å². The number of aromatic nitrogens is 2. The van der Waals surface area contributed by atoms with Crippen LogP contribution in [-0.2, 0) is 6.54 Å². The Hall–Kier alpha value is -2.50. The van der Waals surface area contributed by atoms with Crippen LogP contribution in [0.1, 0.15) is 21.9 Å². The van der Waals surface area contributed by atoms with Crippen LogP contribution in [0.2, 0.25) is 0 Å². The summed E-state index contributed by atoms with van der Waals surface area (Å²) < 4.78 is 12.3. The fourth-order valence-electron chi connectivity index (χ4n) is 2.01. The number of carboxylic acids is 1. The van der Waals surface area contributed by atoms with E-state index in [2.05, 4.69) is 4.98 Å². The van der Waals surface area contributed by atoms with Crippen LogP contribution in [0.4, 0.5) is 0 Å². The molecule has 0 bridgehead atoms. The Balaban J connectivity index is 1.87. The van der Waals surface area contributed by atoms with E-state index in [-0.39, 0.29) is 12.5 Å². The van der Waals surface area contributed by atoms with Crippen LogP contribution in [0, 0.1) is 6.92 Å². The molecule has 0 saturated carbocycles. The molecule has 0 saturated heterocycles. The highest BCUT2D eigenvalue weighted by Gasteiger charge is 2.15. The summed E-state index contributed by atoms with van der Waals surface area (Å²) in [6.45, 7) is 2.56. The van der Waals surface area contributed by atoms with Gasteiger partial charge in [-0.05, 0) is 24.6 Å². The number of imidazole rings is 1. The number of hydrogen-bond acceptors (Lipinski definition) is 4. The van der Waals surface area contributed by atoms with E-state index in [1.165, 1.54) is 6.20 Å². The predicted molar refractivity (Wildman–Crippen MR) is 65.6 cm³/mol. The second-order valence-corrected chi connectivity index (χ2v) is 4.29. The first-order valence-electron chi connectivity index (χ1n) is 5.79. The molecule has 0 amide bonds. The summed E-state index contributed by atoms with van der Waals surface area (Å²) >= 11 is 0. The number of benzene rings is 1. The Bertz CT molecular complexity index is 648. The first-order valence-corrected chi connectivity index (χ1v) is 5.79. The summed E-state index contributed by atoms with van der Waals surface area (Å²) in [5.41, 5.74) is 1.06. The summed E-state index contributed by atoms with van der Waals surface area (Å²) in [5, 5.41) is 8.90. The van der Waals surface area contributed by atoms with Crippen molar-refractivity contribution in [2.24, 2.45) is 0 Å². The van der Waals surface area contributed by atoms with Crippen molar-refractivity contribution in [1.82, 2.24) is 9.55 Å². The van der Waals surface area contributed by atoms with Crippen molar-refractivity contribution in [3.8, 4) is 11.5 Å². The largest absolute Gasteiger partial charge is 0.476 e. The normalized spacial score (nSPS) is 12.7. The standard InChI is InChI=1S/C13H12N2O4/c1-8-14-10(13(16)17)6-15(8)5-9-2-3-11-12(4-9)19-7-18-11/h2-4,6H,5,7H2,1H3,(H,16,17). The second kappa shape index (κ2) is 4.31. The van der Waals surface area contributed by atoms with Gasteiger partial charge in [-0.1, -0.05) is 6.07 Å². The summed E-state index contributed by atoms with van der Waals surface area (Å²) in [7, 11) is 0. The predicted octanol–water partition coefficient (Wildman–Crippen LogP) is 1.67. The molecule has 0 unspecified atom stereocenters.